The van der Waals surface area contributed by atoms with Crippen LogP contribution in [0.3, 0.4) is 0 Å². The minimum absolute atomic E-state index is 0.342. The van der Waals surface area contributed by atoms with Gasteiger partial charge in [0.05, 0.1) is 0 Å². The zero-order valence-electron chi connectivity index (χ0n) is 13.5. The summed E-state index contributed by atoms with van der Waals surface area (Å²) >= 11 is 4.55. The van der Waals surface area contributed by atoms with Crippen LogP contribution in [0, 0.1) is 17.3 Å². The van der Waals surface area contributed by atoms with Crippen molar-refractivity contribution in [3.05, 3.63) is 0 Å². The first kappa shape index (κ1) is 18.3. The van der Waals surface area contributed by atoms with Crippen LogP contribution in [0.4, 0.5) is 0 Å². The summed E-state index contributed by atoms with van der Waals surface area (Å²) in [5.74, 6) is 2.36. The molecule has 2 nitrogen and oxygen atoms in total. The fourth-order valence-electron chi connectivity index (χ4n) is 2.03. The fraction of sp³-hybridized carbons (Fsp3) is 1.00. The van der Waals surface area contributed by atoms with Gasteiger partial charge in [-0.3, -0.25) is 0 Å². The van der Waals surface area contributed by atoms with E-state index in [1.807, 2.05) is 0 Å². The lowest BCUT2D eigenvalue weighted by Crippen LogP contribution is -2.41. The van der Waals surface area contributed by atoms with Gasteiger partial charge in [0.15, 0.2) is 0 Å². The number of hydrogen-bond acceptors (Lipinski definition) is 3. The minimum atomic E-state index is 0.342. The van der Waals surface area contributed by atoms with E-state index >= 15 is 0 Å². The molecule has 0 saturated heterocycles. The highest BCUT2D eigenvalue weighted by Crippen LogP contribution is 2.27. The highest BCUT2D eigenvalue weighted by Gasteiger charge is 2.25. The van der Waals surface area contributed by atoms with Gasteiger partial charge in [-0.15, -0.1) is 0 Å². The molecule has 0 aromatic heterocycles. The zero-order valence-corrected chi connectivity index (χ0v) is 14.4. The summed E-state index contributed by atoms with van der Waals surface area (Å²) in [6.45, 7) is 16.2. The van der Waals surface area contributed by atoms with E-state index in [0.717, 1.165) is 24.8 Å². The van der Waals surface area contributed by atoms with Crippen molar-refractivity contribution in [2.75, 3.05) is 46.0 Å². The molecule has 0 aromatic carbocycles. The Bertz CT molecular complexity index is 209. The smallest absolute Gasteiger partial charge is 0.0109 e. The number of hydrogen-bond donors (Lipinski definition) is 1. The van der Waals surface area contributed by atoms with Gasteiger partial charge in [0, 0.05) is 26.2 Å². The molecule has 1 unspecified atom stereocenters. The van der Waals surface area contributed by atoms with Gasteiger partial charge in [0.2, 0.25) is 0 Å². The highest BCUT2D eigenvalue weighted by atomic mass is 32.1. The third-order valence-corrected chi connectivity index (χ3v) is 3.85. The van der Waals surface area contributed by atoms with Crippen LogP contribution >= 0.6 is 12.6 Å². The first-order chi connectivity index (χ1) is 8.16. The van der Waals surface area contributed by atoms with Crippen molar-refractivity contribution < 1.29 is 0 Å². The summed E-state index contributed by atoms with van der Waals surface area (Å²) in [7, 11) is 4.29. The molecule has 0 bridgehead atoms. The summed E-state index contributed by atoms with van der Waals surface area (Å²) < 4.78 is 0. The molecule has 0 heterocycles. The molecule has 0 rings (SSSR count). The molecule has 0 saturated carbocycles. The Labute approximate surface area is 121 Å². The van der Waals surface area contributed by atoms with Crippen molar-refractivity contribution in [1.29, 1.82) is 0 Å². The minimum Gasteiger partial charge on any atom is -0.308 e. The van der Waals surface area contributed by atoms with Gasteiger partial charge < -0.3 is 9.80 Å². The van der Waals surface area contributed by atoms with Crippen molar-refractivity contribution in [3.63, 3.8) is 0 Å². The van der Waals surface area contributed by atoms with Crippen LogP contribution in [0.5, 0.6) is 0 Å². The Kier molecular flexibility index (Phi) is 8.57. The van der Waals surface area contributed by atoms with Crippen LogP contribution in [0.1, 0.15) is 34.6 Å². The maximum Gasteiger partial charge on any atom is 0.0109 e. The van der Waals surface area contributed by atoms with E-state index in [4.69, 9.17) is 0 Å². The molecule has 0 radical (unpaired) electrons. The van der Waals surface area contributed by atoms with E-state index in [9.17, 15) is 0 Å². The molecule has 3 heteroatoms. The Hall–Kier alpha value is 0.270. The van der Waals surface area contributed by atoms with E-state index < -0.39 is 0 Å². The van der Waals surface area contributed by atoms with Crippen LogP contribution < -0.4 is 0 Å². The van der Waals surface area contributed by atoms with Gasteiger partial charge in [-0.1, -0.05) is 34.6 Å². The van der Waals surface area contributed by atoms with Crippen LogP contribution in [0.25, 0.3) is 0 Å². The summed E-state index contributed by atoms with van der Waals surface area (Å²) in [5.41, 5.74) is 0.342. The summed E-state index contributed by atoms with van der Waals surface area (Å²) in [6, 6.07) is 0. The third-order valence-electron chi connectivity index (χ3n) is 3.41. The summed E-state index contributed by atoms with van der Waals surface area (Å²) in [5, 5.41) is 0. The average molecular weight is 275 g/mol. The number of rotatable bonds is 8. The summed E-state index contributed by atoms with van der Waals surface area (Å²) in [4.78, 5) is 4.87. The van der Waals surface area contributed by atoms with E-state index in [0.29, 0.717) is 11.3 Å². The average Bonchev–Trinajstić information content (AvgIpc) is 2.19. The van der Waals surface area contributed by atoms with Gasteiger partial charge in [0.25, 0.3) is 0 Å². The van der Waals surface area contributed by atoms with Crippen molar-refractivity contribution in [1.82, 2.24) is 9.80 Å². The SMILES string of the molecule is CC(C)CN(CCN(C)C)CC(CS)C(C)(C)C. The quantitative estimate of drug-likeness (QED) is 0.680. The molecule has 0 aliphatic heterocycles. The number of nitrogens with zero attached hydrogens (tertiary/aromatic N) is 2. The van der Waals surface area contributed by atoms with E-state index in [2.05, 4.69) is 71.1 Å². The molecule has 0 N–H and O–H groups in total. The van der Waals surface area contributed by atoms with Crippen molar-refractivity contribution in [2.24, 2.45) is 17.3 Å². The summed E-state index contributed by atoms with van der Waals surface area (Å²) in [6.07, 6.45) is 0. The Balaban J connectivity index is 4.45. The lowest BCUT2D eigenvalue weighted by molar-refractivity contribution is 0.144. The van der Waals surface area contributed by atoms with Crippen LogP contribution in [-0.4, -0.2) is 55.8 Å². The molecule has 0 aromatic rings. The standard InChI is InChI=1S/C15H34N2S/c1-13(2)10-17(9-8-16(6)7)11-14(12-18)15(3,4)5/h13-14,18H,8-12H2,1-7H3. The maximum atomic E-state index is 4.55. The highest BCUT2D eigenvalue weighted by molar-refractivity contribution is 7.80. The maximum absolute atomic E-state index is 4.55. The van der Waals surface area contributed by atoms with Crippen LogP contribution in [0.2, 0.25) is 0 Å². The van der Waals surface area contributed by atoms with Crippen molar-refractivity contribution in [3.8, 4) is 0 Å². The van der Waals surface area contributed by atoms with Gasteiger partial charge in [-0.25, -0.2) is 0 Å². The first-order valence-electron chi connectivity index (χ1n) is 7.14. The lowest BCUT2D eigenvalue weighted by atomic mass is 9.81. The molecule has 0 amide bonds. The molecule has 0 fully saturated rings. The topological polar surface area (TPSA) is 6.48 Å². The predicted molar refractivity (Wildman–Crippen MR) is 86.6 cm³/mol. The van der Waals surface area contributed by atoms with Crippen molar-refractivity contribution >= 4 is 12.6 Å². The molecule has 1 atom stereocenters. The largest absolute Gasteiger partial charge is 0.308 e. The molecule has 18 heavy (non-hydrogen) atoms. The second-order valence-corrected chi connectivity index (χ2v) is 7.57. The van der Waals surface area contributed by atoms with E-state index in [-0.39, 0.29) is 0 Å². The monoisotopic (exact) mass is 274 g/mol. The Morgan fingerprint density at radius 2 is 1.56 bits per heavy atom. The Morgan fingerprint density at radius 3 is 1.89 bits per heavy atom. The molecule has 0 aliphatic rings. The van der Waals surface area contributed by atoms with Gasteiger partial charge in [-0.05, 0) is 37.1 Å². The number of thiol groups is 1. The fourth-order valence-corrected chi connectivity index (χ4v) is 2.70. The normalized spacial score (nSPS) is 14.8. The lowest BCUT2D eigenvalue weighted by Gasteiger charge is -2.35. The molecule has 0 aliphatic carbocycles. The molecule has 0 spiro atoms. The van der Waals surface area contributed by atoms with Gasteiger partial charge in [-0.2, -0.15) is 12.6 Å². The van der Waals surface area contributed by atoms with Gasteiger partial charge >= 0.3 is 0 Å². The molecular formula is C15H34N2S. The van der Waals surface area contributed by atoms with Crippen LogP contribution in [-0.2, 0) is 0 Å². The molecule has 110 valence electrons. The van der Waals surface area contributed by atoms with E-state index in [1.165, 1.54) is 13.1 Å². The second-order valence-electron chi connectivity index (χ2n) is 7.20. The third kappa shape index (κ3) is 8.39. The number of likely N-dealkylation sites (N-methyl/N-ethyl adjacent to an activating group) is 1. The van der Waals surface area contributed by atoms with Crippen LogP contribution in [0.15, 0.2) is 0 Å². The molecular weight excluding hydrogens is 240 g/mol. The van der Waals surface area contributed by atoms with Crippen molar-refractivity contribution in [2.45, 2.75) is 34.6 Å². The van der Waals surface area contributed by atoms with E-state index in [1.54, 1.807) is 0 Å². The predicted octanol–water partition coefficient (Wildman–Crippen LogP) is 3.10. The Morgan fingerprint density at radius 1 is 1.00 bits per heavy atom. The van der Waals surface area contributed by atoms with Gasteiger partial charge in [0.1, 0.15) is 0 Å². The second kappa shape index (κ2) is 8.44. The zero-order chi connectivity index (χ0) is 14.3. The first-order valence-corrected chi connectivity index (χ1v) is 7.78.